The lowest BCUT2D eigenvalue weighted by Gasteiger charge is -2.28. The van der Waals surface area contributed by atoms with Gasteiger partial charge in [-0.25, -0.2) is 9.38 Å². The molecule has 0 aromatic heterocycles. The fourth-order valence-electron chi connectivity index (χ4n) is 4.06. The summed E-state index contributed by atoms with van der Waals surface area (Å²) in [6.45, 7) is 7.90. The lowest BCUT2D eigenvalue weighted by molar-refractivity contribution is -0.155. The lowest BCUT2D eigenvalue weighted by atomic mass is 9.87. The normalized spacial score (nSPS) is 18.9. The van der Waals surface area contributed by atoms with E-state index in [0.29, 0.717) is 43.2 Å². The van der Waals surface area contributed by atoms with Gasteiger partial charge in [-0.3, -0.25) is 9.59 Å². The number of hydrogen-bond donors (Lipinski definition) is 2. The number of halogens is 1. The molecule has 2 aromatic carbocycles. The van der Waals surface area contributed by atoms with Crippen LogP contribution in [0.1, 0.15) is 58.1 Å². The van der Waals surface area contributed by atoms with Crippen LogP contribution < -0.4 is 10.1 Å². The predicted molar refractivity (Wildman–Crippen MR) is 142 cm³/mol. The number of esters is 1. The molecule has 9 heteroatoms. The number of aliphatic imine (C=N–C) groups is 1. The topological polar surface area (TPSA) is 106 Å². The highest BCUT2D eigenvalue weighted by molar-refractivity contribution is 6.00. The van der Waals surface area contributed by atoms with Crippen LogP contribution in [0.15, 0.2) is 53.5 Å². The minimum atomic E-state index is -1.33. The number of carbonyl (C=O) groups is 2. The molecule has 1 amide bonds. The van der Waals surface area contributed by atoms with Crippen LogP contribution in [0.3, 0.4) is 0 Å². The molecular formula is C29H37FN2O6. The van der Waals surface area contributed by atoms with Crippen molar-refractivity contribution in [3.8, 4) is 5.75 Å². The third kappa shape index (κ3) is 8.02. The van der Waals surface area contributed by atoms with E-state index >= 15 is 0 Å². The van der Waals surface area contributed by atoms with Crippen molar-refractivity contribution in [2.75, 3.05) is 19.8 Å². The first kappa shape index (κ1) is 29.1. The average Bonchev–Trinajstić information content (AvgIpc) is 3.21. The molecule has 8 nitrogen and oxygen atoms in total. The molecule has 0 unspecified atom stereocenters. The van der Waals surface area contributed by atoms with Crippen molar-refractivity contribution in [1.82, 2.24) is 5.32 Å². The third-order valence-electron chi connectivity index (χ3n) is 6.07. The second-order valence-electron chi connectivity index (χ2n) is 10.3. The summed E-state index contributed by atoms with van der Waals surface area (Å²) in [6.07, 6.45) is 0.511. The largest absolute Gasteiger partial charge is 0.494 e. The standard InChI is InChI=1S/C29H37FN2O6/c1-20-29(16-14-25(34)38-28(2,3)4,27(35)31-17-15-21-6-10-23(30)11-7-21)32-26(37-20)22-8-12-24(13-9-22)36-19-5-18-33/h6-13,20,33H,5,14-19H2,1-4H3,(H,31,35)/t20-,29-/m1/s1. The Morgan fingerprint density at radius 2 is 1.82 bits per heavy atom. The van der Waals surface area contributed by atoms with E-state index in [4.69, 9.17) is 24.3 Å². The van der Waals surface area contributed by atoms with Gasteiger partial charge in [0.05, 0.1) is 6.61 Å². The summed E-state index contributed by atoms with van der Waals surface area (Å²) in [4.78, 5) is 30.8. The van der Waals surface area contributed by atoms with Gasteiger partial charge in [-0.05, 0) is 82.5 Å². The minimum absolute atomic E-state index is 0.00916. The maximum atomic E-state index is 13.5. The number of rotatable bonds is 12. The molecule has 1 aliphatic heterocycles. The van der Waals surface area contributed by atoms with Gasteiger partial charge in [0.25, 0.3) is 5.91 Å². The second kappa shape index (κ2) is 12.9. The fraction of sp³-hybridized carbons (Fsp3) is 0.483. The Hall–Kier alpha value is -3.46. The molecule has 0 radical (unpaired) electrons. The summed E-state index contributed by atoms with van der Waals surface area (Å²) in [6, 6.07) is 13.2. The van der Waals surface area contributed by atoms with Gasteiger partial charge in [0.1, 0.15) is 23.3 Å². The van der Waals surface area contributed by atoms with Gasteiger partial charge >= 0.3 is 5.97 Å². The van der Waals surface area contributed by atoms with Crippen molar-refractivity contribution >= 4 is 17.8 Å². The summed E-state index contributed by atoms with van der Waals surface area (Å²) < 4.78 is 30.3. The number of amides is 1. The number of aliphatic hydroxyl groups excluding tert-OH is 1. The van der Waals surface area contributed by atoms with Crippen molar-refractivity contribution in [1.29, 1.82) is 0 Å². The highest BCUT2D eigenvalue weighted by Gasteiger charge is 2.50. The van der Waals surface area contributed by atoms with Gasteiger partial charge in [0.2, 0.25) is 5.90 Å². The molecule has 0 bridgehead atoms. The molecule has 2 N–H and O–H groups in total. The number of nitrogens with one attached hydrogen (secondary N) is 1. The second-order valence-corrected chi connectivity index (χ2v) is 10.3. The molecule has 0 fully saturated rings. The van der Waals surface area contributed by atoms with Crippen molar-refractivity contribution < 1.29 is 33.3 Å². The summed E-state index contributed by atoms with van der Waals surface area (Å²) in [5, 5.41) is 11.8. The number of ether oxygens (including phenoxy) is 3. The Morgan fingerprint density at radius 3 is 2.45 bits per heavy atom. The molecule has 0 saturated heterocycles. The molecule has 2 aromatic rings. The Labute approximate surface area is 223 Å². The zero-order valence-electron chi connectivity index (χ0n) is 22.5. The number of nitrogens with zero attached hydrogens (tertiary/aromatic N) is 1. The highest BCUT2D eigenvalue weighted by Crippen LogP contribution is 2.34. The van der Waals surface area contributed by atoms with E-state index in [2.05, 4.69) is 5.32 Å². The molecule has 3 rings (SSSR count). The summed E-state index contributed by atoms with van der Waals surface area (Å²) in [7, 11) is 0. The predicted octanol–water partition coefficient (Wildman–Crippen LogP) is 3.97. The number of hydrogen-bond acceptors (Lipinski definition) is 7. The zero-order chi connectivity index (χ0) is 27.8. The van der Waals surface area contributed by atoms with Crippen molar-refractivity contribution in [3.05, 3.63) is 65.5 Å². The number of aliphatic hydroxyl groups is 1. The highest BCUT2D eigenvalue weighted by atomic mass is 19.1. The number of carbonyl (C=O) groups excluding carboxylic acids is 2. The van der Waals surface area contributed by atoms with E-state index in [1.54, 1.807) is 64.1 Å². The fourth-order valence-corrected chi connectivity index (χ4v) is 4.06. The quantitative estimate of drug-likeness (QED) is 0.319. The summed E-state index contributed by atoms with van der Waals surface area (Å²) in [5.41, 5.74) is -0.416. The van der Waals surface area contributed by atoms with Crippen LogP contribution in [0.25, 0.3) is 0 Å². The monoisotopic (exact) mass is 528 g/mol. The van der Waals surface area contributed by atoms with E-state index in [1.165, 1.54) is 12.1 Å². The maximum Gasteiger partial charge on any atom is 0.306 e. The molecule has 0 saturated carbocycles. The molecule has 1 aliphatic rings. The molecule has 0 aliphatic carbocycles. The van der Waals surface area contributed by atoms with Crippen molar-refractivity contribution in [2.45, 2.75) is 70.6 Å². The molecule has 38 heavy (non-hydrogen) atoms. The van der Waals surface area contributed by atoms with E-state index in [-0.39, 0.29) is 31.2 Å². The Kier molecular flexibility index (Phi) is 9.85. The molecule has 0 spiro atoms. The van der Waals surface area contributed by atoms with Crippen LogP contribution >= 0.6 is 0 Å². The third-order valence-corrected chi connectivity index (χ3v) is 6.07. The smallest absolute Gasteiger partial charge is 0.306 e. The lowest BCUT2D eigenvalue weighted by Crippen LogP contribution is -2.51. The van der Waals surface area contributed by atoms with Crippen LogP contribution in [0, 0.1) is 5.82 Å². The first-order chi connectivity index (χ1) is 18.0. The van der Waals surface area contributed by atoms with Gasteiger partial charge < -0.3 is 24.6 Å². The summed E-state index contributed by atoms with van der Waals surface area (Å²) in [5.74, 6) is -0.144. The van der Waals surface area contributed by atoms with Gasteiger partial charge in [-0.15, -0.1) is 0 Å². The molecular weight excluding hydrogens is 491 g/mol. The maximum absolute atomic E-state index is 13.5. The zero-order valence-corrected chi connectivity index (χ0v) is 22.5. The van der Waals surface area contributed by atoms with Crippen molar-refractivity contribution in [2.24, 2.45) is 4.99 Å². The van der Waals surface area contributed by atoms with Gasteiger partial charge in [0.15, 0.2) is 5.54 Å². The van der Waals surface area contributed by atoms with Crippen molar-refractivity contribution in [3.63, 3.8) is 0 Å². The van der Waals surface area contributed by atoms with Crippen LogP contribution in [0.5, 0.6) is 5.75 Å². The molecule has 1 heterocycles. The van der Waals surface area contributed by atoms with Crippen LogP contribution in [-0.4, -0.2) is 59.9 Å². The molecule has 2 atom stereocenters. The first-order valence-electron chi connectivity index (χ1n) is 12.9. The Morgan fingerprint density at radius 1 is 1.13 bits per heavy atom. The average molecular weight is 529 g/mol. The van der Waals surface area contributed by atoms with Gasteiger partial charge in [0, 0.05) is 31.6 Å². The first-order valence-corrected chi connectivity index (χ1v) is 12.9. The summed E-state index contributed by atoms with van der Waals surface area (Å²) >= 11 is 0. The minimum Gasteiger partial charge on any atom is -0.494 e. The van der Waals surface area contributed by atoms with E-state index in [0.717, 1.165) is 5.56 Å². The van der Waals surface area contributed by atoms with Crippen LogP contribution in [-0.2, 0) is 25.5 Å². The van der Waals surface area contributed by atoms with E-state index in [9.17, 15) is 14.0 Å². The Balaban J connectivity index is 1.77. The van der Waals surface area contributed by atoms with E-state index in [1.807, 2.05) is 0 Å². The SMILES string of the molecule is C[C@H]1OC(c2ccc(OCCCO)cc2)=N[C@@]1(CCC(=O)OC(C)(C)C)C(=O)NCCc1ccc(F)cc1. The van der Waals surface area contributed by atoms with Crippen LogP contribution in [0.2, 0.25) is 0 Å². The van der Waals surface area contributed by atoms with Gasteiger partial charge in [-0.2, -0.15) is 0 Å². The Bertz CT molecular complexity index is 1110. The van der Waals surface area contributed by atoms with Gasteiger partial charge in [-0.1, -0.05) is 12.1 Å². The van der Waals surface area contributed by atoms with Crippen LogP contribution in [0.4, 0.5) is 4.39 Å². The molecule has 206 valence electrons. The van der Waals surface area contributed by atoms with E-state index < -0.39 is 23.2 Å². The number of benzene rings is 2.